The van der Waals surface area contributed by atoms with Gasteiger partial charge in [0.15, 0.2) is 0 Å². The van der Waals surface area contributed by atoms with Gasteiger partial charge in [0.05, 0.1) is 6.10 Å². The molecule has 0 spiro atoms. The van der Waals surface area contributed by atoms with Crippen LogP contribution in [0.15, 0.2) is 0 Å². The summed E-state index contributed by atoms with van der Waals surface area (Å²) in [6, 6.07) is -0.157. The Kier molecular flexibility index (Phi) is 21.6. The highest BCUT2D eigenvalue weighted by Crippen LogP contribution is 2.12. The summed E-state index contributed by atoms with van der Waals surface area (Å²) < 4.78 is 5.10. The number of urea groups is 1. The molecule has 0 aliphatic heterocycles. The topological polar surface area (TPSA) is 67.4 Å². The molecule has 0 heterocycles. The maximum absolute atomic E-state index is 11.3. The predicted octanol–water partition coefficient (Wildman–Crippen LogP) is 5.18. The molecule has 0 bridgehead atoms. The third-order valence-corrected chi connectivity index (χ3v) is 3.81. The molecule has 0 aromatic rings. The molecule has 0 fully saturated rings. The minimum atomic E-state index is -0.157. The number of esters is 1. The van der Waals surface area contributed by atoms with E-state index in [-0.39, 0.29) is 18.1 Å². The van der Waals surface area contributed by atoms with Crippen molar-refractivity contribution in [1.29, 1.82) is 0 Å². The van der Waals surface area contributed by atoms with Crippen LogP contribution in [-0.2, 0) is 9.53 Å². The third kappa shape index (κ3) is 25.1. The maximum Gasteiger partial charge on any atom is 0.314 e. The van der Waals surface area contributed by atoms with Crippen LogP contribution in [0, 0.1) is 0 Å². The first-order valence-electron chi connectivity index (χ1n) is 10.1. The molecule has 0 saturated carbocycles. The van der Waals surface area contributed by atoms with Gasteiger partial charge in [0.2, 0.25) is 0 Å². The number of amides is 2. The first kappa shape index (κ1) is 26.0. The molecule has 25 heavy (non-hydrogen) atoms. The van der Waals surface area contributed by atoms with Crippen molar-refractivity contribution in [1.82, 2.24) is 10.6 Å². The summed E-state index contributed by atoms with van der Waals surface area (Å²) in [5.41, 5.74) is 0. The van der Waals surface area contributed by atoms with E-state index >= 15 is 0 Å². The molecule has 0 aromatic heterocycles. The normalized spacial score (nSPS) is 10.0. The summed E-state index contributed by atoms with van der Waals surface area (Å²) >= 11 is 0. The van der Waals surface area contributed by atoms with Gasteiger partial charge in [-0.2, -0.15) is 0 Å². The van der Waals surface area contributed by atoms with Gasteiger partial charge < -0.3 is 15.4 Å². The molecule has 2 amide bonds. The zero-order valence-electron chi connectivity index (χ0n) is 17.3. The highest BCUT2D eigenvalue weighted by molar-refractivity contribution is 5.72. The molecule has 0 aliphatic carbocycles. The highest BCUT2D eigenvalue weighted by Gasteiger charge is 2.04. The van der Waals surface area contributed by atoms with E-state index in [9.17, 15) is 9.59 Å². The Hall–Kier alpha value is -1.26. The van der Waals surface area contributed by atoms with Gasteiger partial charge in [-0.25, -0.2) is 4.79 Å². The fourth-order valence-corrected chi connectivity index (χ4v) is 2.38. The van der Waals surface area contributed by atoms with Gasteiger partial charge in [-0.15, -0.1) is 0 Å². The smallest absolute Gasteiger partial charge is 0.314 e. The summed E-state index contributed by atoms with van der Waals surface area (Å²) in [6.07, 6.45) is 15.1. The Morgan fingerprint density at radius 3 is 1.48 bits per heavy atom. The monoisotopic (exact) mass is 358 g/mol. The second kappa shape index (κ2) is 20.8. The van der Waals surface area contributed by atoms with Crippen molar-refractivity contribution in [2.45, 2.75) is 104 Å². The zero-order chi connectivity index (χ0) is 19.3. The number of rotatable bonds is 13. The fourth-order valence-electron chi connectivity index (χ4n) is 2.38. The number of unbranched alkanes of at least 4 members (excludes halogenated alkanes) is 10. The lowest BCUT2D eigenvalue weighted by Crippen LogP contribution is -2.28. The average molecular weight is 359 g/mol. The quantitative estimate of drug-likeness (QED) is 0.352. The Bertz CT molecular complexity index is 301. The molecule has 0 radical (unpaired) electrons. The number of carbonyl (C=O) groups is 2. The molecule has 5 nitrogen and oxygen atoms in total. The van der Waals surface area contributed by atoms with Crippen LogP contribution in [-0.4, -0.2) is 32.2 Å². The lowest BCUT2D eigenvalue weighted by molar-refractivity contribution is -0.147. The Morgan fingerprint density at radius 2 is 1.16 bits per heavy atom. The molecule has 0 aromatic carbocycles. The van der Waals surface area contributed by atoms with Crippen molar-refractivity contribution < 1.29 is 14.3 Å². The Balaban J connectivity index is 0. The van der Waals surface area contributed by atoms with Gasteiger partial charge in [0.25, 0.3) is 0 Å². The largest absolute Gasteiger partial charge is 0.463 e. The van der Waals surface area contributed by atoms with Crippen molar-refractivity contribution in [2.24, 2.45) is 0 Å². The minimum Gasteiger partial charge on any atom is -0.463 e. The molecule has 0 saturated heterocycles. The number of hydrogen-bond donors (Lipinski definition) is 2. The molecule has 0 unspecified atom stereocenters. The van der Waals surface area contributed by atoms with E-state index in [0.29, 0.717) is 6.42 Å². The summed E-state index contributed by atoms with van der Waals surface area (Å²) in [6.45, 7) is 6.06. The Morgan fingerprint density at radius 1 is 0.760 bits per heavy atom. The van der Waals surface area contributed by atoms with E-state index in [4.69, 9.17) is 4.74 Å². The number of ether oxygens (including phenoxy) is 1. The lowest BCUT2D eigenvalue weighted by Gasteiger charge is -2.07. The van der Waals surface area contributed by atoms with Crippen molar-refractivity contribution in [3.8, 4) is 0 Å². The first-order chi connectivity index (χ1) is 12.0. The molecule has 5 heteroatoms. The summed E-state index contributed by atoms with van der Waals surface area (Å²) in [4.78, 5) is 21.2. The maximum atomic E-state index is 11.3. The average Bonchev–Trinajstić information content (AvgIpc) is 2.58. The zero-order valence-corrected chi connectivity index (χ0v) is 17.3. The van der Waals surface area contributed by atoms with Gasteiger partial charge in [-0.3, -0.25) is 4.79 Å². The SMILES string of the molecule is CCCCCCCCCCCCCC(=O)OC(C)C.CNC(=O)NC. The van der Waals surface area contributed by atoms with Crippen LogP contribution in [0.25, 0.3) is 0 Å². The molecular formula is C20H42N2O3. The van der Waals surface area contributed by atoms with E-state index in [2.05, 4.69) is 17.6 Å². The fraction of sp³-hybridized carbons (Fsp3) is 0.900. The van der Waals surface area contributed by atoms with Crippen LogP contribution in [0.5, 0.6) is 0 Å². The number of hydrogen-bond acceptors (Lipinski definition) is 3. The van der Waals surface area contributed by atoms with Crippen molar-refractivity contribution in [2.75, 3.05) is 14.1 Å². The highest BCUT2D eigenvalue weighted by atomic mass is 16.5. The van der Waals surface area contributed by atoms with Gasteiger partial charge in [0.1, 0.15) is 0 Å². The standard InChI is InChI=1S/C17H34O2.C3H8N2O/c1-4-5-6-7-8-9-10-11-12-13-14-15-17(18)19-16(2)3;1-4-3(6)5-2/h16H,4-15H2,1-3H3;1-2H3,(H2,4,5,6). The number of nitrogens with one attached hydrogen (secondary N) is 2. The van der Waals surface area contributed by atoms with Gasteiger partial charge in [-0.1, -0.05) is 71.1 Å². The van der Waals surface area contributed by atoms with E-state index in [1.54, 1.807) is 14.1 Å². The second-order valence-electron chi connectivity index (χ2n) is 6.65. The van der Waals surface area contributed by atoms with Crippen LogP contribution in [0.2, 0.25) is 0 Å². The van der Waals surface area contributed by atoms with Crippen LogP contribution >= 0.6 is 0 Å². The van der Waals surface area contributed by atoms with E-state index in [1.165, 1.54) is 64.2 Å². The predicted molar refractivity (Wildman–Crippen MR) is 106 cm³/mol. The first-order valence-corrected chi connectivity index (χ1v) is 10.1. The van der Waals surface area contributed by atoms with Gasteiger partial charge in [-0.05, 0) is 20.3 Å². The Labute approximate surface area is 155 Å². The van der Waals surface area contributed by atoms with Crippen molar-refractivity contribution in [3.05, 3.63) is 0 Å². The van der Waals surface area contributed by atoms with Crippen LogP contribution in [0.3, 0.4) is 0 Å². The van der Waals surface area contributed by atoms with E-state index in [0.717, 1.165) is 6.42 Å². The van der Waals surface area contributed by atoms with Gasteiger partial charge in [0, 0.05) is 20.5 Å². The van der Waals surface area contributed by atoms with Crippen molar-refractivity contribution >= 4 is 12.0 Å². The molecular weight excluding hydrogens is 316 g/mol. The van der Waals surface area contributed by atoms with E-state index < -0.39 is 0 Å². The molecule has 0 rings (SSSR count). The molecule has 0 atom stereocenters. The van der Waals surface area contributed by atoms with Crippen LogP contribution in [0.1, 0.15) is 97.8 Å². The minimum absolute atomic E-state index is 0.0280. The molecule has 2 N–H and O–H groups in total. The van der Waals surface area contributed by atoms with Gasteiger partial charge >= 0.3 is 12.0 Å². The number of carbonyl (C=O) groups excluding carboxylic acids is 2. The molecule has 150 valence electrons. The summed E-state index contributed by atoms with van der Waals surface area (Å²) in [5, 5.41) is 4.73. The molecule has 0 aliphatic rings. The lowest BCUT2D eigenvalue weighted by atomic mass is 10.1. The second-order valence-corrected chi connectivity index (χ2v) is 6.65. The summed E-state index contributed by atoms with van der Waals surface area (Å²) in [5.74, 6) is -0.0362. The van der Waals surface area contributed by atoms with Crippen molar-refractivity contribution in [3.63, 3.8) is 0 Å². The summed E-state index contributed by atoms with van der Waals surface area (Å²) in [7, 11) is 3.14. The van der Waals surface area contributed by atoms with Crippen LogP contribution in [0.4, 0.5) is 4.79 Å². The van der Waals surface area contributed by atoms with Crippen LogP contribution < -0.4 is 10.6 Å². The van der Waals surface area contributed by atoms with E-state index in [1.807, 2.05) is 13.8 Å². The third-order valence-electron chi connectivity index (χ3n) is 3.81.